The first kappa shape index (κ1) is 21.7. The van der Waals surface area contributed by atoms with Crippen LogP contribution in [0.15, 0.2) is 55.1 Å². The molecule has 4 atom stereocenters. The number of amides is 1. The molecule has 3 heterocycles. The summed E-state index contributed by atoms with van der Waals surface area (Å²) in [5, 5.41) is 4.11. The minimum atomic E-state index is -0.169. The van der Waals surface area contributed by atoms with Gasteiger partial charge in [-0.2, -0.15) is 0 Å². The van der Waals surface area contributed by atoms with E-state index in [0.29, 0.717) is 17.0 Å². The minimum absolute atomic E-state index is 0.0508. The van der Waals surface area contributed by atoms with E-state index < -0.39 is 0 Å². The predicted molar refractivity (Wildman–Crippen MR) is 129 cm³/mol. The van der Waals surface area contributed by atoms with Gasteiger partial charge in [0.2, 0.25) is 5.91 Å². The molecule has 0 saturated carbocycles. The van der Waals surface area contributed by atoms with Crippen molar-refractivity contribution in [2.75, 3.05) is 19.6 Å². The molecule has 1 amide bonds. The number of likely N-dealkylation sites (tertiary alicyclic amines) is 1. The maximum Gasteiger partial charge on any atom is 0.228 e. The number of hydrogen-bond acceptors (Lipinski definition) is 3. The van der Waals surface area contributed by atoms with Gasteiger partial charge in [-0.05, 0) is 61.6 Å². The third-order valence-electron chi connectivity index (χ3n) is 7.98. The Morgan fingerprint density at radius 1 is 1.28 bits per heavy atom. The Hall–Kier alpha value is -2.17. The van der Waals surface area contributed by atoms with Crippen molar-refractivity contribution in [2.45, 2.75) is 55.9 Å². The number of hydrogen-bond donors (Lipinski definition) is 1. The average Bonchev–Trinajstić information content (AvgIpc) is 3.23. The monoisotopic (exact) mass is 449 g/mol. The highest BCUT2D eigenvalue weighted by Crippen LogP contribution is 2.46. The van der Waals surface area contributed by atoms with Gasteiger partial charge < -0.3 is 10.2 Å². The summed E-state index contributed by atoms with van der Waals surface area (Å²) in [7, 11) is 0. The Kier molecular flexibility index (Phi) is 6.09. The molecule has 1 aliphatic carbocycles. The highest BCUT2D eigenvalue weighted by molar-refractivity contribution is 6.29. The molecule has 32 heavy (non-hydrogen) atoms. The van der Waals surface area contributed by atoms with Crippen LogP contribution in [0.25, 0.3) is 0 Å². The van der Waals surface area contributed by atoms with Gasteiger partial charge in [-0.15, -0.1) is 6.58 Å². The van der Waals surface area contributed by atoms with Crippen LogP contribution in [0.2, 0.25) is 5.15 Å². The number of aryl methyl sites for hydroxylation is 1. The first-order valence-electron chi connectivity index (χ1n) is 12.0. The van der Waals surface area contributed by atoms with E-state index in [-0.39, 0.29) is 17.4 Å². The van der Waals surface area contributed by atoms with Crippen LogP contribution in [0.3, 0.4) is 0 Å². The lowest BCUT2D eigenvalue weighted by Crippen LogP contribution is -2.53. The molecule has 5 rings (SSSR count). The molecule has 2 fully saturated rings. The van der Waals surface area contributed by atoms with Crippen LogP contribution >= 0.6 is 11.6 Å². The Morgan fingerprint density at radius 2 is 2.12 bits per heavy atom. The molecular formula is C27H32ClN3O. The molecule has 0 bridgehead atoms. The number of carbonyl (C=O) groups is 1. The number of halogens is 1. The number of nitrogens with zero attached hydrogens (tertiary/aromatic N) is 2. The van der Waals surface area contributed by atoms with E-state index in [0.717, 1.165) is 63.9 Å². The van der Waals surface area contributed by atoms with Crippen LogP contribution in [0.4, 0.5) is 0 Å². The molecule has 4 unspecified atom stereocenters. The van der Waals surface area contributed by atoms with Gasteiger partial charge in [0, 0.05) is 36.8 Å². The second kappa shape index (κ2) is 8.99. The molecule has 2 aliphatic heterocycles. The van der Waals surface area contributed by atoms with Crippen molar-refractivity contribution in [2.24, 2.45) is 5.92 Å². The lowest BCUT2D eigenvalue weighted by atomic mass is 9.65. The molecule has 168 valence electrons. The minimum Gasteiger partial charge on any atom is -0.339 e. The third-order valence-corrected chi connectivity index (χ3v) is 8.19. The van der Waals surface area contributed by atoms with Crippen LogP contribution in [0, 0.1) is 5.92 Å². The quantitative estimate of drug-likeness (QED) is 0.534. The molecule has 1 aromatic carbocycles. The van der Waals surface area contributed by atoms with Gasteiger partial charge in [0.15, 0.2) is 0 Å². The second-order valence-corrected chi connectivity index (χ2v) is 10.1. The Morgan fingerprint density at radius 3 is 2.94 bits per heavy atom. The van der Waals surface area contributed by atoms with Crippen molar-refractivity contribution in [3.63, 3.8) is 0 Å². The molecule has 0 radical (unpaired) electrons. The lowest BCUT2D eigenvalue weighted by Gasteiger charge is -2.45. The molecule has 1 spiro atoms. The number of nitrogens with one attached hydrogen (secondary N) is 1. The van der Waals surface area contributed by atoms with E-state index in [1.165, 1.54) is 11.1 Å². The van der Waals surface area contributed by atoms with Gasteiger partial charge in [-0.3, -0.25) is 4.79 Å². The fourth-order valence-corrected chi connectivity index (χ4v) is 6.60. The Labute approximate surface area is 196 Å². The number of benzene rings is 1. The fraction of sp³-hybridized carbons (Fsp3) is 0.481. The summed E-state index contributed by atoms with van der Waals surface area (Å²) in [5.74, 6) is 0.754. The van der Waals surface area contributed by atoms with Gasteiger partial charge in [-0.25, -0.2) is 4.98 Å². The Balaban J connectivity index is 1.41. The number of carbonyl (C=O) groups excluding carboxylic acids is 1. The van der Waals surface area contributed by atoms with E-state index in [1.54, 1.807) is 0 Å². The summed E-state index contributed by atoms with van der Waals surface area (Å²) >= 11 is 6.20. The standard InChI is InChI=1S/C27H32ClN3O/c1-2-7-21-16-20(19-8-4-3-5-9-19)13-15-31(21)26(32)23-17-29-18-27(23)14-6-10-24-22(27)11-12-25(28)30-24/h2-5,8-9,11-12,20-21,23,29H,1,6-7,10,13-18H2. The largest absolute Gasteiger partial charge is 0.339 e. The zero-order valence-corrected chi connectivity index (χ0v) is 19.4. The fourth-order valence-electron chi connectivity index (χ4n) is 6.44. The molecule has 3 aliphatic rings. The van der Waals surface area contributed by atoms with Crippen molar-refractivity contribution in [1.82, 2.24) is 15.2 Å². The summed E-state index contributed by atoms with van der Waals surface area (Å²) in [5.41, 5.74) is 3.53. The number of rotatable bonds is 4. The maximum atomic E-state index is 14.1. The van der Waals surface area contributed by atoms with Gasteiger partial charge in [-0.1, -0.05) is 54.1 Å². The topological polar surface area (TPSA) is 45.2 Å². The third kappa shape index (κ3) is 3.78. The van der Waals surface area contributed by atoms with Crippen LogP contribution < -0.4 is 5.32 Å². The zero-order valence-electron chi connectivity index (χ0n) is 18.6. The summed E-state index contributed by atoms with van der Waals surface area (Å²) < 4.78 is 0. The van der Waals surface area contributed by atoms with Crippen molar-refractivity contribution < 1.29 is 4.79 Å². The average molecular weight is 450 g/mol. The molecule has 4 nitrogen and oxygen atoms in total. The smallest absolute Gasteiger partial charge is 0.228 e. The SMILES string of the molecule is C=CCC1CC(c2ccccc2)CCN1C(=O)C1CNCC12CCCc1nc(Cl)ccc12. The summed E-state index contributed by atoms with van der Waals surface area (Å²) in [6.07, 6.45) is 7.86. The number of fused-ring (bicyclic) bond motifs is 2. The molecule has 2 aromatic rings. The van der Waals surface area contributed by atoms with E-state index in [1.807, 2.05) is 12.1 Å². The van der Waals surface area contributed by atoms with E-state index in [9.17, 15) is 4.79 Å². The van der Waals surface area contributed by atoms with Crippen LogP contribution in [-0.4, -0.2) is 41.5 Å². The van der Waals surface area contributed by atoms with Crippen LogP contribution in [0.5, 0.6) is 0 Å². The highest BCUT2D eigenvalue weighted by atomic mass is 35.5. The van der Waals surface area contributed by atoms with Gasteiger partial charge in [0.05, 0.1) is 5.92 Å². The zero-order chi connectivity index (χ0) is 22.1. The van der Waals surface area contributed by atoms with Crippen molar-refractivity contribution in [3.8, 4) is 0 Å². The molecule has 1 aromatic heterocycles. The number of aromatic nitrogens is 1. The predicted octanol–water partition coefficient (Wildman–Crippen LogP) is 4.88. The summed E-state index contributed by atoms with van der Waals surface area (Å²) in [6, 6.07) is 15.0. The first-order chi connectivity index (χ1) is 15.6. The normalized spacial score (nSPS) is 29.7. The van der Waals surface area contributed by atoms with E-state index >= 15 is 0 Å². The van der Waals surface area contributed by atoms with Gasteiger partial charge in [0.1, 0.15) is 5.15 Å². The Bertz CT molecular complexity index is 994. The van der Waals surface area contributed by atoms with Crippen LogP contribution in [0.1, 0.15) is 54.8 Å². The lowest BCUT2D eigenvalue weighted by molar-refractivity contribution is -0.141. The molecular weight excluding hydrogens is 418 g/mol. The molecule has 1 N–H and O–H groups in total. The van der Waals surface area contributed by atoms with Crippen LogP contribution in [-0.2, 0) is 16.6 Å². The second-order valence-electron chi connectivity index (χ2n) is 9.66. The number of pyridine rings is 1. The van der Waals surface area contributed by atoms with E-state index in [4.69, 9.17) is 11.6 Å². The first-order valence-corrected chi connectivity index (χ1v) is 12.3. The van der Waals surface area contributed by atoms with Gasteiger partial charge in [0.25, 0.3) is 0 Å². The van der Waals surface area contributed by atoms with E-state index in [2.05, 4.69) is 58.2 Å². The van der Waals surface area contributed by atoms with Crippen molar-refractivity contribution >= 4 is 17.5 Å². The van der Waals surface area contributed by atoms with Crippen molar-refractivity contribution in [1.29, 1.82) is 0 Å². The highest BCUT2D eigenvalue weighted by Gasteiger charge is 2.52. The maximum absolute atomic E-state index is 14.1. The molecule has 2 saturated heterocycles. The number of piperidine rings is 1. The van der Waals surface area contributed by atoms with Crippen molar-refractivity contribution in [3.05, 3.63) is 77.1 Å². The summed E-state index contributed by atoms with van der Waals surface area (Å²) in [4.78, 5) is 20.9. The van der Waals surface area contributed by atoms with Gasteiger partial charge >= 0.3 is 0 Å². The molecule has 5 heteroatoms. The summed E-state index contributed by atoms with van der Waals surface area (Å²) in [6.45, 7) is 6.38.